The fourth-order valence-electron chi connectivity index (χ4n) is 1.01. The highest BCUT2D eigenvalue weighted by Crippen LogP contribution is 2.07. The first-order valence-corrected chi connectivity index (χ1v) is 4.60. The third-order valence-electron chi connectivity index (χ3n) is 2.03. The van der Waals surface area contributed by atoms with Crippen molar-refractivity contribution in [2.24, 2.45) is 10.9 Å². The summed E-state index contributed by atoms with van der Waals surface area (Å²) in [6, 6.07) is 1.50. The van der Waals surface area contributed by atoms with Gasteiger partial charge in [-0.3, -0.25) is 4.79 Å². The molecule has 0 aromatic carbocycles. The lowest BCUT2D eigenvalue weighted by Crippen LogP contribution is -2.53. The SMILES string of the molecule is Cc1cc(C(=O)NC(C)(C)C(N)=NO)on1. The quantitative estimate of drug-likeness (QED) is 0.295. The molecule has 4 N–H and O–H groups in total. The van der Waals surface area contributed by atoms with Gasteiger partial charge in [-0.1, -0.05) is 10.3 Å². The minimum Gasteiger partial charge on any atom is -0.409 e. The minimum absolute atomic E-state index is 0.0799. The number of rotatable bonds is 3. The molecule has 0 atom stereocenters. The molecule has 0 fully saturated rings. The third-order valence-corrected chi connectivity index (χ3v) is 2.03. The Hall–Kier alpha value is -2.05. The maximum absolute atomic E-state index is 11.7. The lowest BCUT2D eigenvalue weighted by molar-refractivity contribution is 0.0893. The number of amidine groups is 1. The standard InChI is InChI=1S/C9H14N4O3/c1-5-4-6(16-13-5)7(14)11-9(2,3)8(10)12-15/h4,15H,1-3H3,(H2,10,12)(H,11,14). The first kappa shape index (κ1) is 12.0. The van der Waals surface area contributed by atoms with Crippen molar-refractivity contribution >= 4 is 11.7 Å². The molecule has 0 radical (unpaired) electrons. The molecule has 1 amide bonds. The first-order chi connectivity index (χ1) is 7.36. The van der Waals surface area contributed by atoms with Crippen LogP contribution in [-0.4, -0.2) is 27.6 Å². The average Bonchev–Trinajstić information content (AvgIpc) is 2.63. The van der Waals surface area contributed by atoms with Crippen LogP contribution in [0.1, 0.15) is 30.1 Å². The summed E-state index contributed by atoms with van der Waals surface area (Å²) in [5.74, 6) is -0.495. The van der Waals surface area contributed by atoms with Crippen molar-refractivity contribution < 1.29 is 14.5 Å². The van der Waals surface area contributed by atoms with E-state index in [1.54, 1.807) is 20.8 Å². The van der Waals surface area contributed by atoms with Gasteiger partial charge in [0.25, 0.3) is 5.91 Å². The highest BCUT2D eigenvalue weighted by Gasteiger charge is 2.27. The summed E-state index contributed by atoms with van der Waals surface area (Å²) >= 11 is 0. The lowest BCUT2D eigenvalue weighted by atomic mass is 10.0. The van der Waals surface area contributed by atoms with Gasteiger partial charge < -0.3 is 20.8 Å². The molecule has 0 aliphatic rings. The summed E-state index contributed by atoms with van der Waals surface area (Å²) < 4.78 is 4.78. The van der Waals surface area contributed by atoms with Crippen molar-refractivity contribution in [1.29, 1.82) is 0 Å². The molecular weight excluding hydrogens is 212 g/mol. The van der Waals surface area contributed by atoms with Crippen LogP contribution in [0.4, 0.5) is 0 Å². The second-order valence-electron chi connectivity index (χ2n) is 3.90. The molecule has 1 aromatic heterocycles. The van der Waals surface area contributed by atoms with Gasteiger partial charge >= 0.3 is 0 Å². The highest BCUT2D eigenvalue weighted by molar-refractivity contribution is 5.98. The number of oxime groups is 1. The molecule has 0 aliphatic heterocycles. The Labute approximate surface area is 92.3 Å². The largest absolute Gasteiger partial charge is 0.409 e. The number of aromatic nitrogens is 1. The maximum Gasteiger partial charge on any atom is 0.290 e. The molecule has 7 nitrogen and oxygen atoms in total. The van der Waals surface area contributed by atoms with E-state index in [2.05, 4.69) is 15.6 Å². The van der Waals surface area contributed by atoms with E-state index in [-0.39, 0.29) is 11.6 Å². The number of aryl methyl sites for hydroxylation is 1. The summed E-state index contributed by atoms with van der Waals surface area (Å²) in [5.41, 5.74) is 5.06. The van der Waals surface area contributed by atoms with Gasteiger partial charge in [-0.2, -0.15) is 0 Å². The molecule has 7 heteroatoms. The van der Waals surface area contributed by atoms with Crippen LogP contribution >= 0.6 is 0 Å². The van der Waals surface area contributed by atoms with Crippen LogP contribution in [0, 0.1) is 6.92 Å². The van der Waals surface area contributed by atoms with E-state index in [9.17, 15) is 4.79 Å². The Morgan fingerprint density at radius 3 is 2.75 bits per heavy atom. The molecule has 1 heterocycles. The Morgan fingerprint density at radius 1 is 1.69 bits per heavy atom. The van der Waals surface area contributed by atoms with Crippen molar-refractivity contribution in [3.05, 3.63) is 17.5 Å². The number of hydrogen-bond acceptors (Lipinski definition) is 5. The van der Waals surface area contributed by atoms with Gasteiger partial charge in [0.2, 0.25) is 5.76 Å². The van der Waals surface area contributed by atoms with E-state index in [1.165, 1.54) is 6.07 Å². The number of carbonyl (C=O) groups excluding carboxylic acids is 1. The van der Waals surface area contributed by atoms with Crippen molar-refractivity contribution in [3.8, 4) is 0 Å². The second kappa shape index (κ2) is 4.21. The second-order valence-corrected chi connectivity index (χ2v) is 3.90. The Kier molecular flexibility index (Phi) is 3.17. The van der Waals surface area contributed by atoms with Crippen LogP contribution < -0.4 is 11.1 Å². The third kappa shape index (κ3) is 2.50. The summed E-state index contributed by atoms with van der Waals surface area (Å²) in [6.45, 7) is 4.90. The van der Waals surface area contributed by atoms with Crippen molar-refractivity contribution in [2.45, 2.75) is 26.3 Å². The van der Waals surface area contributed by atoms with Crippen molar-refractivity contribution in [2.75, 3.05) is 0 Å². The predicted molar refractivity (Wildman–Crippen MR) is 56.2 cm³/mol. The van der Waals surface area contributed by atoms with Crippen molar-refractivity contribution in [1.82, 2.24) is 10.5 Å². The zero-order valence-electron chi connectivity index (χ0n) is 9.31. The number of nitrogens with one attached hydrogen (secondary N) is 1. The molecule has 0 aliphatic carbocycles. The number of nitrogens with zero attached hydrogens (tertiary/aromatic N) is 2. The van der Waals surface area contributed by atoms with Crippen LogP contribution in [0.25, 0.3) is 0 Å². The number of amides is 1. The molecule has 16 heavy (non-hydrogen) atoms. The molecule has 0 saturated heterocycles. The fourth-order valence-corrected chi connectivity index (χ4v) is 1.01. The summed E-state index contributed by atoms with van der Waals surface area (Å²) in [6.07, 6.45) is 0. The van der Waals surface area contributed by atoms with Crippen LogP contribution in [-0.2, 0) is 0 Å². The molecule has 88 valence electrons. The van der Waals surface area contributed by atoms with E-state index in [0.29, 0.717) is 5.69 Å². The molecule has 0 unspecified atom stereocenters. The normalized spacial score (nSPS) is 12.6. The van der Waals surface area contributed by atoms with Gasteiger partial charge in [0, 0.05) is 6.07 Å². The van der Waals surface area contributed by atoms with Gasteiger partial charge in [0.1, 0.15) is 0 Å². The molecule has 1 aromatic rings. The predicted octanol–water partition coefficient (Wildman–Crippen LogP) is 0.238. The minimum atomic E-state index is -0.966. The first-order valence-electron chi connectivity index (χ1n) is 4.60. The Morgan fingerprint density at radius 2 is 2.31 bits per heavy atom. The lowest BCUT2D eigenvalue weighted by Gasteiger charge is -2.23. The van der Waals surface area contributed by atoms with E-state index < -0.39 is 11.4 Å². The van der Waals surface area contributed by atoms with E-state index in [1.807, 2.05) is 0 Å². The Bertz CT molecular complexity index is 422. The smallest absolute Gasteiger partial charge is 0.290 e. The number of nitrogens with two attached hydrogens (primary N) is 1. The number of hydrogen-bond donors (Lipinski definition) is 3. The average molecular weight is 226 g/mol. The maximum atomic E-state index is 11.7. The van der Waals surface area contributed by atoms with Gasteiger partial charge in [-0.05, 0) is 20.8 Å². The molecule has 0 saturated carbocycles. The summed E-state index contributed by atoms with van der Waals surface area (Å²) in [4.78, 5) is 11.7. The van der Waals surface area contributed by atoms with Gasteiger partial charge in [-0.15, -0.1) is 0 Å². The van der Waals surface area contributed by atoms with Gasteiger partial charge in [-0.25, -0.2) is 0 Å². The monoisotopic (exact) mass is 226 g/mol. The summed E-state index contributed by atoms with van der Waals surface area (Å²) in [7, 11) is 0. The van der Waals surface area contributed by atoms with E-state index in [0.717, 1.165) is 0 Å². The zero-order valence-corrected chi connectivity index (χ0v) is 9.31. The van der Waals surface area contributed by atoms with Crippen LogP contribution in [0.2, 0.25) is 0 Å². The fraction of sp³-hybridized carbons (Fsp3) is 0.444. The van der Waals surface area contributed by atoms with Crippen LogP contribution in [0.5, 0.6) is 0 Å². The van der Waals surface area contributed by atoms with Crippen LogP contribution in [0.15, 0.2) is 15.7 Å². The number of carbonyl (C=O) groups is 1. The van der Waals surface area contributed by atoms with Gasteiger partial charge in [0.15, 0.2) is 5.84 Å². The van der Waals surface area contributed by atoms with E-state index >= 15 is 0 Å². The molecular formula is C9H14N4O3. The topological polar surface area (TPSA) is 114 Å². The molecule has 1 rings (SSSR count). The highest BCUT2D eigenvalue weighted by atomic mass is 16.5. The molecule has 0 spiro atoms. The summed E-state index contributed by atoms with van der Waals surface area (Å²) in [5, 5.41) is 17.5. The van der Waals surface area contributed by atoms with Crippen molar-refractivity contribution in [3.63, 3.8) is 0 Å². The van der Waals surface area contributed by atoms with Gasteiger partial charge in [0.05, 0.1) is 11.2 Å². The Balaban J connectivity index is 2.79. The van der Waals surface area contributed by atoms with E-state index in [4.69, 9.17) is 15.5 Å². The molecule has 0 bridgehead atoms. The zero-order chi connectivity index (χ0) is 12.3. The van der Waals surface area contributed by atoms with Crippen LogP contribution in [0.3, 0.4) is 0 Å².